The monoisotopic (exact) mass is 527 g/mol. The molecule has 0 radical (unpaired) electrons. The Bertz CT molecular complexity index is 1950. The molecule has 0 saturated heterocycles. The predicted octanol–water partition coefficient (Wildman–Crippen LogP) is 5.33. The van der Waals surface area contributed by atoms with Crippen molar-refractivity contribution in [1.82, 2.24) is 24.9 Å². The first-order chi connectivity index (χ1) is 18.2. The highest BCUT2D eigenvalue weighted by Crippen LogP contribution is 2.36. The summed E-state index contributed by atoms with van der Waals surface area (Å²) in [6.45, 7) is -0.00570. The molecule has 0 amide bonds. The molecule has 0 aliphatic heterocycles. The minimum Gasteiger partial charge on any atom is -0.506 e. The van der Waals surface area contributed by atoms with Crippen LogP contribution in [0.4, 0.5) is 4.39 Å². The molecular formula is C28H22FN5O3S. The van der Waals surface area contributed by atoms with Crippen LogP contribution in [-0.2, 0) is 16.6 Å². The topological polar surface area (TPSA) is 124 Å². The van der Waals surface area contributed by atoms with Gasteiger partial charge in [-0.05, 0) is 70.8 Å². The van der Waals surface area contributed by atoms with Gasteiger partial charge in [-0.25, -0.2) is 17.5 Å². The van der Waals surface area contributed by atoms with Gasteiger partial charge < -0.3 is 10.1 Å². The van der Waals surface area contributed by atoms with E-state index in [1.54, 1.807) is 18.3 Å². The summed E-state index contributed by atoms with van der Waals surface area (Å²) < 4.78 is 40.0. The minimum atomic E-state index is -3.41. The number of nitrogens with zero attached hydrogens (tertiary/aromatic N) is 2. The summed E-state index contributed by atoms with van der Waals surface area (Å²) in [5, 5.41) is 19.2. The second kappa shape index (κ2) is 9.09. The van der Waals surface area contributed by atoms with Crippen LogP contribution in [0, 0.1) is 5.82 Å². The molecule has 3 aromatic heterocycles. The van der Waals surface area contributed by atoms with Crippen molar-refractivity contribution in [2.24, 2.45) is 0 Å². The van der Waals surface area contributed by atoms with Gasteiger partial charge in [0.25, 0.3) is 0 Å². The van der Waals surface area contributed by atoms with Crippen molar-refractivity contribution in [2.75, 3.05) is 6.26 Å². The van der Waals surface area contributed by atoms with Crippen molar-refractivity contribution in [3.8, 4) is 39.4 Å². The number of halogens is 1. The van der Waals surface area contributed by atoms with E-state index in [9.17, 15) is 17.9 Å². The lowest BCUT2D eigenvalue weighted by molar-refractivity contribution is 0.473. The van der Waals surface area contributed by atoms with Crippen molar-refractivity contribution in [2.45, 2.75) is 6.54 Å². The maximum atomic E-state index is 14.5. The van der Waals surface area contributed by atoms with Crippen LogP contribution in [0.25, 0.3) is 55.4 Å². The van der Waals surface area contributed by atoms with Crippen LogP contribution in [0.1, 0.15) is 5.56 Å². The summed E-state index contributed by atoms with van der Waals surface area (Å²) in [6.07, 6.45) is 4.14. The molecule has 8 nitrogen and oxygen atoms in total. The number of aromatic hydroxyl groups is 1. The van der Waals surface area contributed by atoms with Crippen LogP contribution < -0.4 is 4.72 Å². The van der Waals surface area contributed by atoms with Crippen molar-refractivity contribution in [3.05, 3.63) is 90.5 Å². The lowest BCUT2D eigenvalue weighted by Gasteiger charge is -2.08. The molecule has 190 valence electrons. The normalized spacial score (nSPS) is 11.9. The second-order valence-electron chi connectivity index (χ2n) is 9.16. The molecule has 0 saturated carbocycles. The fourth-order valence-corrected chi connectivity index (χ4v) is 5.07. The number of aromatic nitrogens is 4. The fraction of sp³-hybridized carbons (Fsp3) is 0.0714. The van der Waals surface area contributed by atoms with E-state index in [0.29, 0.717) is 11.1 Å². The summed E-state index contributed by atoms with van der Waals surface area (Å²) >= 11 is 0. The maximum Gasteiger partial charge on any atom is 0.209 e. The molecule has 0 aliphatic carbocycles. The van der Waals surface area contributed by atoms with Gasteiger partial charge in [-0.1, -0.05) is 18.2 Å². The number of H-pyrrole nitrogens is 2. The summed E-state index contributed by atoms with van der Waals surface area (Å²) in [4.78, 5) is 7.49. The SMILES string of the molecule is CS(=O)(=O)NCc1cc(F)cc(-c2cccc3[nH]c(-c4n[nH]c5ccc(-c6cncc(O)c6)cc45)cc23)c1. The molecule has 3 heterocycles. The molecule has 0 bridgehead atoms. The first-order valence-electron chi connectivity index (χ1n) is 11.7. The Morgan fingerprint density at radius 1 is 0.921 bits per heavy atom. The summed E-state index contributed by atoms with van der Waals surface area (Å²) in [6, 6.07) is 19.7. The van der Waals surface area contributed by atoms with Gasteiger partial charge in [-0.2, -0.15) is 5.10 Å². The second-order valence-corrected chi connectivity index (χ2v) is 11.0. The summed E-state index contributed by atoms with van der Waals surface area (Å²) in [7, 11) is -3.41. The highest BCUT2D eigenvalue weighted by Gasteiger charge is 2.15. The van der Waals surface area contributed by atoms with Gasteiger partial charge in [0.05, 0.1) is 23.7 Å². The van der Waals surface area contributed by atoms with Crippen molar-refractivity contribution in [1.29, 1.82) is 0 Å². The summed E-state index contributed by atoms with van der Waals surface area (Å²) in [5.41, 5.74) is 6.82. The zero-order valence-electron chi connectivity index (χ0n) is 20.2. The van der Waals surface area contributed by atoms with Gasteiger partial charge in [-0.3, -0.25) is 10.1 Å². The highest BCUT2D eigenvalue weighted by atomic mass is 32.2. The lowest BCUT2D eigenvalue weighted by atomic mass is 9.99. The van der Waals surface area contributed by atoms with Crippen LogP contribution in [0.3, 0.4) is 0 Å². The minimum absolute atomic E-state index is 0.00570. The van der Waals surface area contributed by atoms with Gasteiger partial charge in [0.1, 0.15) is 17.3 Å². The third-order valence-electron chi connectivity index (χ3n) is 6.35. The molecule has 0 fully saturated rings. The van der Waals surface area contributed by atoms with E-state index in [2.05, 4.69) is 24.9 Å². The largest absolute Gasteiger partial charge is 0.506 e. The molecule has 6 aromatic rings. The quantitative estimate of drug-likeness (QED) is 0.233. The Labute approximate surface area is 217 Å². The maximum absolute atomic E-state index is 14.5. The van der Waals surface area contributed by atoms with Crippen molar-refractivity contribution in [3.63, 3.8) is 0 Å². The Kier molecular flexibility index (Phi) is 5.70. The Balaban J connectivity index is 1.43. The third-order valence-corrected chi connectivity index (χ3v) is 7.02. The van der Waals surface area contributed by atoms with Gasteiger partial charge in [0, 0.05) is 34.6 Å². The number of aromatic amines is 2. The average molecular weight is 528 g/mol. The van der Waals surface area contributed by atoms with Gasteiger partial charge in [-0.15, -0.1) is 0 Å². The average Bonchev–Trinajstić information content (AvgIpc) is 3.50. The number of hydrogen-bond donors (Lipinski definition) is 4. The molecule has 6 rings (SSSR count). The van der Waals surface area contributed by atoms with Gasteiger partial charge in [0.15, 0.2) is 0 Å². The number of hydrogen-bond acceptors (Lipinski definition) is 5. The standard InChI is InChI=1S/C28H22FN5O3S/c1-38(36,37)31-13-16-7-18(9-20(29)8-16)22-3-2-4-25-23(22)12-27(32-25)28-24-11-17(5-6-26(24)33-34-28)19-10-21(35)15-30-14-19/h2-12,14-15,31-32,35H,13H2,1H3,(H,33,34). The number of sulfonamides is 1. The molecule has 10 heteroatoms. The smallest absolute Gasteiger partial charge is 0.209 e. The first-order valence-corrected chi connectivity index (χ1v) is 13.6. The van der Waals surface area contributed by atoms with Crippen LogP contribution in [0.2, 0.25) is 0 Å². The Morgan fingerprint density at radius 3 is 2.61 bits per heavy atom. The number of rotatable bonds is 6. The van der Waals surface area contributed by atoms with Gasteiger partial charge in [0.2, 0.25) is 10.0 Å². The number of pyridine rings is 1. The van der Waals surface area contributed by atoms with Crippen LogP contribution >= 0.6 is 0 Å². The molecule has 3 aromatic carbocycles. The van der Waals surface area contributed by atoms with Crippen molar-refractivity contribution < 1.29 is 17.9 Å². The van der Waals surface area contributed by atoms with Crippen LogP contribution in [0.5, 0.6) is 5.75 Å². The fourth-order valence-electron chi connectivity index (χ4n) is 4.64. The lowest BCUT2D eigenvalue weighted by Crippen LogP contribution is -2.21. The van der Waals surface area contributed by atoms with E-state index in [1.807, 2.05) is 42.5 Å². The molecule has 0 atom stereocenters. The molecule has 0 aliphatic rings. The van der Waals surface area contributed by atoms with E-state index in [-0.39, 0.29) is 12.3 Å². The third kappa shape index (κ3) is 4.62. The van der Waals surface area contributed by atoms with E-state index in [1.165, 1.54) is 18.3 Å². The van der Waals surface area contributed by atoms with E-state index >= 15 is 0 Å². The zero-order chi connectivity index (χ0) is 26.4. The van der Waals surface area contributed by atoms with Crippen molar-refractivity contribution >= 4 is 31.8 Å². The van der Waals surface area contributed by atoms with E-state index < -0.39 is 15.8 Å². The number of benzene rings is 3. The van der Waals surface area contributed by atoms with E-state index in [0.717, 1.165) is 56.1 Å². The zero-order valence-corrected chi connectivity index (χ0v) is 21.0. The van der Waals surface area contributed by atoms with E-state index in [4.69, 9.17) is 0 Å². The highest BCUT2D eigenvalue weighted by molar-refractivity contribution is 7.88. The van der Waals surface area contributed by atoms with Gasteiger partial charge >= 0.3 is 0 Å². The number of fused-ring (bicyclic) bond motifs is 2. The Morgan fingerprint density at radius 2 is 1.79 bits per heavy atom. The molecule has 4 N–H and O–H groups in total. The van der Waals surface area contributed by atoms with Crippen LogP contribution in [0.15, 0.2) is 79.1 Å². The molecule has 0 spiro atoms. The van der Waals surface area contributed by atoms with Crippen LogP contribution in [-0.4, -0.2) is 39.9 Å². The Hall–Kier alpha value is -4.54. The predicted molar refractivity (Wildman–Crippen MR) is 145 cm³/mol. The first kappa shape index (κ1) is 23.8. The molecule has 38 heavy (non-hydrogen) atoms. The molecule has 0 unspecified atom stereocenters. The number of nitrogens with one attached hydrogen (secondary N) is 3. The summed E-state index contributed by atoms with van der Waals surface area (Å²) in [5.74, 6) is -0.362. The molecular weight excluding hydrogens is 505 g/mol.